The van der Waals surface area contributed by atoms with Gasteiger partial charge < -0.3 is 9.36 Å². The van der Waals surface area contributed by atoms with Crippen molar-refractivity contribution in [3.63, 3.8) is 0 Å². The lowest BCUT2D eigenvalue weighted by Gasteiger charge is -2.10. The van der Waals surface area contributed by atoms with Crippen molar-refractivity contribution < 1.29 is 22.4 Å². The Kier molecular flexibility index (Phi) is 5.58. The van der Waals surface area contributed by atoms with Crippen LogP contribution < -0.4 is 0 Å². The van der Waals surface area contributed by atoms with E-state index in [0.29, 0.717) is 5.56 Å². The summed E-state index contributed by atoms with van der Waals surface area (Å²) < 4.78 is 54.5. The first-order valence-corrected chi connectivity index (χ1v) is 9.81. The molecule has 0 atom stereocenters. The van der Waals surface area contributed by atoms with Gasteiger partial charge in [-0.3, -0.25) is 0 Å². The van der Waals surface area contributed by atoms with E-state index in [1.807, 2.05) is 22.8 Å². The topological polar surface area (TPSA) is 22.0 Å². The van der Waals surface area contributed by atoms with E-state index in [1.165, 1.54) is 18.2 Å². The monoisotopic (exact) mass is 445 g/mol. The Labute approximate surface area is 180 Å². The molecular formula is C24H16ClF4NO. The Morgan fingerprint density at radius 3 is 2.42 bits per heavy atom. The van der Waals surface area contributed by atoms with E-state index >= 15 is 0 Å². The highest BCUT2D eigenvalue weighted by Gasteiger charge is 2.30. The molecule has 1 aromatic heterocycles. The quantitative estimate of drug-likeness (QED) is 0.242. The number of carbonyl (C=O) groups is 1. The van der Waals surface area contributed by atoms with Crippen LogP contribution in [0.4, 0.5) is 17.6 Å². The van der Waals surface area contributed by atoms with Gasteiger partial charge in [0, 0.05) is 30.1 Å². The van der Waals surface area contributed by atoms with Crippen LogP contribution in [0.1, 0.15) is 16.7 Å². The SMILES string of the molecule is O=CCc1cn(Cc2cccc(C(F)(F)F)c2)c2ccc(-c3ccc(F)c(Cl)c3)cc12. The number of aldehydes is 1. The minimum Gasteiger partial charge on any atom is -0.343 e. The first-order chi connectivity index (χ1) is 14.8. The predicted molar refractivity (Wildman–Crippen MR) is 113 cm³/mol. The van der Waals surface area contributed by atoms with Crippen molar-refractivity contribution in [3.05, 3.63) is 94.4 Å². The predicted octanol–water partition coefficient (Wildman–Crippen LogP) is 6.91. The van der Waals surface area contributed by atoms with E-state index in [-0.39, 0.29) is 18.0 Å². The van der Waals surface area contributed by atoms with Crippen molar-refractivity contribution in [3.8, 4) is 11.1 Å². The molecule has 0 spiro atoms. The maximum atomic E-state index is 13.5. The highest BCUT2D eigenvalue weighted by atomic mass is 35.5. The molecule has 0 saturated heterocycles. The molecule has 4 rings (SSSR count). The van der Waals surface area contributed by atoms with Crippen molar-refractivity contribution in [2.24, 2.45) is 0 Å². The second kappa shape index (κ2) is 8.19. The number of benzene rings is 3. The van der Waals surface area contributed by atoms with E-state index < -0.39 is 17.6 Å². The number of aromatic nitrogens is 1. The fourth-order valence-corrected chi connectivity index (χ4v) is 3.83. The molecule has 4 aromatic rings. The molecule has 1 heterocycles. The standard InChI is InChI=1S/C24H16ClF4NO/c25-21-12-17(4-6-22(21)26)16-5-7-23-20(11-16)18(8-9-31)14-30(23)13-15-2-1-3-19(10-15)24(27,28)29/h1-7,9-12,14H,8,13H2. The number of rotatable bonds is 5. The first-order valence-electron chi connectivity index (χ1n) is 9.43. The Morgan fingerprint density at radius 1 is 0.968 bits per heavy atom. The van der Waals surface area contributed by atoms with Gasteiger partial charge in [0.15, 0.2) is 0 Å². The van der Waals surface area contributed by atoms with Gasteiger partial charge in [-0.15, -0.1) is 0 Å². The van der Waals surface area contributed by atoms with Gasteiger partial charge in [-0.25, -0.2) is 4.39 Å². The van der Waals surface area contributed by atoms with Crippen molar-refractivity contribution >= 4 is 28.8 Å². The smallest absolute Gasteiger partial charge is 0.343 e. The van der Waals surface area contributed by atoms with Crippen LogP contribution in [0.3, 0.4) is 0 Å². The number of hydrogen-bond acceptors (Lipinski definition) is 1. The molecule has 0 bridgehead atoms. The lowest BCUT2D eigenvalue weighted by molar-refractivity contribution is -0.137. The molecule has 0 radical (unpaired) electrons. The average molecular weight is 446 g/mol. The van der Waals surface area contributed by atoms with Crippen molar-refractivity contribution in [1.82, 2.24) is 4.57 Å². The molecule has 0 unspecified atom stereocenters. The molecule has 0 N–H and O–H groups in total. The zero-order valence-electron chi connectivity index (χ0n) is 16.1. The van der Waals surface area contributed by atoms with Gasteiger partial charge in [0.2, 0.25) is 0 Å². The summed E-state index contributed by atoms with van der Waals surface area (Å²) >= 11 is 5.90. The second-order valence-electron chi connectivity index (χ2n) is 7.21. The minimum atomic E-state index is -4.41. The largest absolute Gasteiger partial charge is 0.416 e. The second-order valence-corrected chi connectivity index (χ2v) is 7.62. The van der Waals surface area contributed by atoms with E-state index in [2.05, 4.69) is 0 Å². The van der Waals surface area contributed by atoms with E-state index in [0.717, 1.165) is 46.0 Å². The summed E-state index contributed by atoms with van der Waals surface area (Å²) in [5, 5.41) is 0.810. The van der Waals surface area contributed by atoms with Crippen molar-refractivity contribution in [2.75, 3.05) is 0 Å². The van der Waals surface area contributed by atoms with Crippen LogP contribution >= 0.6 is 11.6 Å². The fourth-order valence-electron chi connectivity index (χ4n) is 3.65. The van der Waals surface area contributed by atoms with Gasteiger partial charge in [0.1, 0.15) is 12.1 Å². The van der Waals surface area contributed by atoms with E-state index in [9.17, 15) is 22.4 Å². The summed E-state index contributed by atoms with van der Waals surface area (Å²) in [5.41, 5.74) is 2.84. The summed E-state index contributed by atoms with van der Waals surface area (Å²) in [6.07, 6.45) is -1.69. The summed E-state index contributed by atoms with van der Waals surface area (Å²) in [7, 11) is 0. The number of halogens is 5. The van der Waals surface area contributed by atoms with Crippen LogP contribution in [0.5, 0.6) is 0 Å². The zero-order chi connectivity index (χ0) is 22.2. The van der Waals surface area contributed by atoms with Crippen molar-refractivity contribution in [1.29, 1.82) is 0 Å². The highest BCUT2D eigenvalue weighted by Crippen LogP contribution is 2.32. The zero-order valence-corrected chi connectivity index (χ0v) is 16.8. The van der Waals surface area contributed by atoms with Crippen LogP contribution in [0.25, 0.3) is 22.0 Å². The third-order valence-corrected chi connectivity index (χ3v) is 5.42. The molecule has 2 nitrogen and oxygen atoms in total. The molecule has 0 aliphatic carbocycles. The van der Waals surface area contributed by atoms with Crippen LogP contribution in [-0.4, -0.2) is 10.9 Å². The molecule has 0 amide bonds. The van der Waals surface area contributed by atoms with Gasteiger partial charge in [-0.2, -0.15) is 13.2 Å². The molecule has 7 heteroatoms. The Hall–Kier alpha value is -3.12. The third kappa shape index (κ3) is 4.35. The van der Waals surface area contributed by atoms with E-state index in [4.69, 9.17) is 11.6 Å². The van der Waals surface area contributed by atoms with Gasteiger partial charge in [-0.05, 0) is 58.7 Å². The van der Waals surface area contributed by atoms with Gasteiger partial charge in [0.25, 0.3) is 0 Å². The highest BCUT2D eigenvalue weighted by molar-refractivity contribution is 6.31. The first kappa shape index (κ1) is 21.1. The molecule has 31 heavy (non-hydrogen) atoms. The van der Waals surface area contributed by atoms with Crippen LogP contribution in [-0.2, 0) is 23.9 Å². The number of carbonyl (C=O) groups excluding carboxylic acids is 1. The minimum absolute atomic E-state index is 0.00725. The summed E-state index contributed by atoms with van der Waals surface area (Å²) in [6, 6.07) is 15.1. The fraction of sp³-hybridized carbons (Fsp3) is 0.125. The molecule has 0 fully saturated rings. The average Bonchev–Trinajstić information content (AvgIpc) is 3.06. The molecule has 3 aromatic carbocycles. The molecular weight excluding hydrogens is 430 g/mol. The number of alkyl halides is 3. The van der Waals surface area contributed by atoms with Gasteiger partial charge >= 0.3 is 6.18 Å². The van der Waals surface area contributed by atoms with Crippen LogP contribution in [0.2, 0.25) is 5.02 Å². The number of nitrogens with zero attached hydrogens (tertiary/aromatic N) is 1. The van der Waals surface area contributed by atoms with E-state index in [1.54, 1.807) is 18.3 Å². The normalized spacial score (nSPS) is 11.8. The Morgan fingerprint density at radius 2 is 1.71 bits per heavy atom. The lowest BCUT2D eigenvalue weighted by atomic mass is 10.0. The third-order valence-electron chi connectivity index (χ3n) is 5.13. The molecule has 158 valence electrons. The number of fused-ring (bicyclic) bond motifs is 1. The van der Waals surface area contributed by atoms with Crippen LogP contribution in [0.15, 0.2) is 66.9 Å². The van der Waals surface area contributed by atoms with Crippen LogP contribution in [0, 0.1) is 5.82 Å². The Balaban J connectivity index is 1.77. The summed E-state index contributed by atoms with van der Waals surface area (Å²) in [5.74, 6) is -0.514. The molecule has 0 aliphatic heterocycles. The van der Waals surface area contributed by atoms with Gasteiger partial charge in [-0.1, -0.05) is 35.9 Å². The maximum absolute atomic E-state index is 13.5. The van der Waals surface area contributed by atoms with Crippen molar-refractivity contribution in [2.45, 2.75) is 19.1 Å². The summed E-state index contributed by atoms with van der Waals surface area (Å²) in [4.78, 5) is 11.2. The number of hydrogen-bond donors (Lipinski definition) is 0. The summed E-state index contributed by atoms with van der Waals surface area (Å²) in [6.45, 7) is 0.223. The molecule has 0 aliphatic rings. The maximum Gasteiger partial charge on any atom is 0.416 e. The molecule has 0 saturated carbocycles. The lowest BCUT2D eigenvalue weighted by Crippen LogP contribution is -2.06. The van der Waals surface area contributed by atoms with Gasteiger partial charge in [0.05, 0.1) is 10.6 Å². The Bertz CT molecular complexity index is 1280.